The van der Waals surface area contributed by atoms with Crippen LogP contribution in [0.15, 0.2) is 17.0 Å². The average Bonchev–Trinajstić information content (AvgIpc) is 3.11. The molecule has 24 heavy (non-hydrogen) atoms. The SMILES string of the molecule is Cc1ocnc1C(=O)N(C)C[C@@H]1CCc2nc(C(F)(F)F)cn2C1. The maximum Gasteiger partial charge on any atom is 0.434 e. The molecule has 130 valence electrons. The lowest BCUT2D eigenvalue weighted by Gasteiger charge is -2.27. The Morgan fingerprint density at radius 1 is 1.50 bits per heavy atom. The molecule has 0 fully saturated rings. The normalized spacial score (nSPS) is 17.6. The molecular weight excluding hydrogens is 325 g/mol. The summed E-state index contributed by atoms with van der Waals surface area (Å²) in [5.74, 6) is 0.699. The second-order valence-electron chi connectivity index (χ2n) is 6.04. The van der Waals surface area contributed by atoms with Gasteiger partial charge < -0.3 is 13.9 Å². The summed E-state index contributed by atoms with van der Waals surface area (Å²) in [5, 5.41) is 0. The van der Waals surface area contributed by atoms with Crippen LogP contribution in [0.4, 0.5) is 13.2 Å². The van der Waals surface area contributed by atoms with Crippen molar-refractivity contribution in [3.05, 3.63) is 35.6 Å². The number of carbonyl (C=O) groups is 1. The summed E-state index contributed by atoms with van der Waals surface area (Å²) in [5.41, 5.74) is -0.600. The molecule has 0 unspecified atom stereocenters. The van der Waals surface area contributed by atoms with Gasteiger partial charge in [0.2, 0.25) is 0 Å². The summed E-state index contributed by atoms with van der Waals surface area (Å²) in [4.78, 5) is 21.4. The van der Waals surface area contributed by atoms with Crippen LogP contribution < -0.4 is 0 Å². The second-order valence-corrected chi connectivity index (χ2v) is 6.04. The number of alkyl halides is 3. The molecule has 0 bridgehead atoms. The number of nitrogens with zero attached hydrogens (tertiary/aromatic N) is 4. The quantitative estimate of drug-likeness (QED) is 0.860. The number of imidazole rings is 1. The van der Waals surface area contributed by atoms with Gasteiger partial charge in [0.05, 0.1) is 0 Å². The molecule has 0 radical (unpaired) electrons. The number of rotatable bonds is 3. The highest BCUT2D eigenvalue weighted by Crippen LogP contribution is 2.30. The van der Waals surface area contributed by atoms with E-state index in [4.69, 9.17) is 4.42 Å². The molecule has 6 nitrogen and oxygen atoms in total. The van der Waals surface area contributed by atoms with Crippen molar-refractivity contribution < 1.29 is 22.4 Å². The highest BCUT2D eigenvalue weighted by Gasteiger charge is 2.36. The lowest BCUT2D eigenvalue weighted by atomic mass is 9.99. The molecule has 0 spiro atoms. The van der Waals surface area contributed by atoms with Crippen molar-refractivity contribution >= 4 is 5.91 Å². The fraction of sp³-hybridized carbons (Fsp3) is 0.533. The summed E-state index contributed by atoms with van der Waals surface area (Å²) < 4.78 is 44.8. The highest BCUT2D eigenvalue weighted by atomic mass is 19.4. The van der Waals surface area contributed by atoms with Crippen molar-refractivity contribution in [2.24, 2.45) is 5.92 Å². The minimum absolute atomic E-state index is 0.0638. The molecule has 1 amide bonds. The van der Waals surface area contributed by atoms with Gasteiger partial charge in [-0.3, -0.25) is 4.79 Å². The molecule has 2 aromatic rings. The zero-order valence-corrected chi connectivity index (χ0v) is 13.3. The molecular formula is C15H17F3N4O2. The minimum atomic E-state index is -4.43. The smallest absolute Gasteiger partial charge is 0.434 e. The second kappa shape index (κ2) is 5.95. The number of aromatic nitrogens is 3. The Hall–Kier alpha value is -2.32. The van der Waals surface area contributed by atoms with Gasteiger partial charge in [0, 0.05) is 32.8 Å². The van der Waals surface area contributed by atoms with Gasteiger partial charge in [0.25, 0.3) is 5.91 Å². The number of fused-ring (bicyclic) bond motifs is 1. The van der Waals surface area contributed by atoms with Gasteiger partial charge in [-0.2, -0.15) is 13.2 Å². The van der Waals surface area contributed by atoms with Crippen LogP contribution in [0.1, 0.15) is 34.2 Å². The van der Waals surface area contributed by atoms with E-state index in [2.05, 4.69) is 9.97 Å². The van der Waals surface area contributed by atoms with E-state index >= 15 is 0 Å². The summed E-state index contributed by atoms with van der Waals surface area (Å²) in [7, 11) is 1.65. The van der Waals surface area contributed by atoms with Gasteiger partial charge >= 0.3 is 6.18 Å². The van der Waals surface area contributed by atoms with E-state index in [-0.39, 0.29) is 17.5 Å². The van der Waals surface area contributed by atoms with Crippen LogP contribution in [-0.2, 0) is 19.1 Å². The molecule has 3 rings (SSSR count). The van der Waals surface area contributed by atoms with Gasteiger partial charge in [0.15, 0.2) is 17.8 Å². The van der Waals surface area contributed by atoms with E-state index in [0.29, 0.717) is 37.5 Å². The Morgan fingerprint density at radius 2 is 2.25 bits per heavy atom. The zero-order chi connectivity index (χ0) is 17.5. The van der Waals surface area contributed by atoms with Crippen molar-refractivity contribution in [1.82, 2.24) is 19.4 Å². The number of hydrogen-bond donors (Lipinski definition) is 0. The van der Waals surface area contributed by atoms with Crippen LogP contribution in [0.25, 0.3) is 0 Å². The molecule has 0 saturated carbocycles. The molecule has 0 aliphatic carbocycles. The Kier molecular flexibility index (Phi) is 4.10. The summed E-state index contributed by atoms with van der Waals surface area (Å²) in [6.07, 6.45) is -1.02. The lowest BCUT2D eigenvalue weighted by molar-refractivity contribution is -0.141. The lowest BCUT2D eigenvalue weighted by Crippen LogP contribution is -2.35. The highest BCUT2D eigenvalue weighted by molar-refractivity contribution is 5.92. The third-order valence-electron chi connectivity index (χ3n) is 4.21. The predicted octanol–water partition coefficient (Wildman–Crippen LogP) is 2.53. The van der Waals surface area contributed by atoms with E-state index in [0.717, 1.165) is 6.20 Å². The van der Waals surface area contributed by atoms with E-state index < -0.39 is 11.9 Å². The van der Waals surface area contributed by atoms with Crippen molar-refractivity contribution in [3.8, 4) is 0 Å². The third-order valence-corrected chi connectivity index (χ3v) is 4.21. The molecule has 9 heteroatoms. The third kappa shape index (κ3) is 3.15. The van der Waals surface area contributed by atoms with Gasteiger partial charge in [0.1, 0.15) is 11.6 Å². The van der Waals surface area contributed by atoms with E-state index in [1.165, 1.54) is 15.9 Å². The molecule has 3 heterocycles. The Balaban J connectivity index is 1.66. The summed E-state index contributed by atoms with van der Waals surface area (Å²) in [6.45, 7) is 2.50. The monoisotopic (exact) mass is 342 g/mol. The van der Waals surface area contributed by atoms with Gasteiger partial charge in [-0.1, -0.05) is 0 Å². The van der Waals surface area contributed by atoms with Crippen LogP contribution in [0, 0.1) is 12.8 Å². The first kappa shape index (κ1) is 16.5. The molecule has 0 N–H and O–H groups in total. The van der Waals surface area contributed by atoms with Crippen molar-refractivity contribution in [3.63, 3.8) is 0 Å². The number of oxazole rings is 1. The molecule has 2 aromatic heterocycles. The molecule has 0 aromatic carbocycles. The van der Waals surface area contributed by atoms with Crippen LogP contribution in [0.2, 0.25) is 0 Å². The minimum Gasteiger partial charge on any atom is -0.448 e. The van der Waals surface area contributed by atoms with Crippen LogP contribution >= 0.6 is 0 Å². The zero-order valence-electron chi connectivity index (χ0n) is 13.3. The molecule has 0 saturated heterocycles. The molecule has 1 aliphatic rings. The topological polar surface area (TPSA) is 64.2 Å². The Labute approximate surface area is 136 Å². The number of aryl methyl sites for hydroxylation is 2. The molecule has 1 atom stereocenters. The average molecular weight is 342 g/mol. The van der Waals surface area contributed by atoms with Crippen molar-refractivity contribution in [2.45, 2.75) is 32.5 Å². The maximum atomic E-state index is 12.7. The van der Waals surface area contributed by atoms with E-state index in [1.54, 1.807) is 14.0 Å². The number of amides is 1. The standard InChI is InChI=1S/C15H17F3N4O2/c1-9-13(19-8-24-9)14(23)21(2)5-10-3-4-12-20-11(15(16,17)18)7-22(12)6-10/h7-8,10H,3-6H2,1-2H3/t10-/m0/s1. The predicted molar refractivity (Wildman–Crippen MR) is 77.2 cm³/mol. The first-order valence-corrected chi connectivity index (χ1v) is 7.54. The Bertz CT molecular complexity index is 750. The van der Waals surface area contributed by atoms with E-state index in [1.807, 2.05) is 0 Å². The fourth-order valence-electron chi connectivity index (χ4n) is 2.96. The largest absolute Gasteiger partial charge is 0.448 e. The van der Waals surface area contributed by atoms with Crippen molar-refractivity contribution in [2.75, 3.05) is 13.6 Å². The number of carbonyl (C=O) groups excluding carboxylic acids is 1. The van der Waals surface area contributed by atoms with Crippen LogP contribution in [0.5, 0.6) is 0 Å². The fourth-order valence-corrected chi connectivity index (χ4v) is 2.96. The van der Waals surface area contributed by atoms with E-state index in [9.17, 15) is 18.0 Å². The Morgan fingerprint density at radius 3 is 2.88 bits per heavy atom. The van der Waals surface area contributed by atoms with Gasteiger partial charge in [-0.15, -0.1) is 0 Å². The first-order valence-electron chi connectivity index (χ1n) is 7.54. The van der Waals surface area contributed by atoms with Crippen molar-refractivity contribution in [1.29, 1.82) is 0 Å². The number of hydrogen-bond acceptors (Lipinski definition) is 4. The first-order chi connectivity index (χ1) is 11.3. The van der Waals surface area contributed by atoms with Gasteiger partial charge in [-0.25, -0.2) is 9.97 Å². The van der Waals surface area contributed by atoms with Crippen LogP contribution in [0.3, 0.4) is 0 Å². The van der Waals surface area contributed by atoms with Crippen LogP contribution in [-0.4, -0.2) is 38.9 Å². The van der Waals surface area contributed by atoms with Gasteiger partial charge in [-0.05, 0) is 19.3 Å². The molecule has 1 aliphatic heterocycles. The number of halogens is 3. The maximum absolute atomic E-state index is 12.7. The summed E-state index contributed by atoms with van der Waals surface area (Å²) in [6, 6.07) is 0. The summed E-state index contributed by atoms with van der Waals surface area (Å²) >= 11 is 0.